The lowest BCUT2D eigenvalue weighted by Gasteiger charge is -2.18. The lowest BCUT2D eigenvalue weighted by molar-refractivity contribution is -0.141. The van der Waals surface area contributed by atoms with Gasteiger partial charge in [0.05, 0.1) is 6.07 Å². The van der Waals surface area contributed by atoms with E-state index in [1.54, 1.807) is 0 Å². The Kier molecular flexibility index (Phi) is 2.13. The predicted octanol–water partition coefficient (Wildman–Crippen LogP) is -0.0541. The number of carbonyl (C=O) groups is 2. The van der Waals surface area contributed by atoms with E-state index in [4.69, 9.17) is 5.26 Å². The summed E-state index contributed by atoms with van der Waals surface area (Å²) in [5.74, 6) is -1.83. The van der Waals surface area contributed by atoms with Crippen molar-refractivity contribution in [2.24, 2.45) is 5.92 Å². The summed E-state index contributed by atoms with van der Waals surface area (Å²) in [6.07, 6.45) is 0. The fraction of sp³-hybridized carbons (Fsp3) is 0.625. The van der Waals surface area contributed by atoms with Crippen molar-refractivity contribution in [2.75, 3.05) is 6.54 Å². The van der Waals surface area contributed by atoms with Crippen molar-refractivity contribution < 1.29 is 9.59 Å². The zero-order valence-electron chi connectivity index (χ0n) is 7.07. The van der Waals surface area contributed by atoms with Gasteiger partial charge in [-0.3, -0.25) is 9.59 Å². The van der Waals surface area contributed by atoms with Gasteiger partial charge in [0.2, 0.25) is 5.78 Å². The molecule has 1 aliphatic heterocycles. The van der Waals surface area contributed by atoms with E-state index in [9.17, 15) is 9.59 Å². The number of nitriles is 1. The number of hydrogen-bond donors (Lipinski definition) is 0. The van der Waals surface area contributed by atoms with Crippen LogP contribution in [0, 0.1) is 17.2 Å². The van der Waals surface area contributed by atoms with Crippen molar-refractivity contribution in [2.45, 2.75) is 19.9 Å². The first-order chi connectivity index (χ1) is 5.57. The molecule has 0 aromatic heterocycles. The molecule has 0 aliphatic carbocycles. The summed E-state index contributed by atoms with van der Waals surface area (Å²) in [5, 5.41) is 8.50. The zero-order valence-corrected chi connectivity index (χ0v) is 7.07. The first-order valence-electron chi connectivity index (χ1n) is 3.82. The first kappa shape index (κ1) is 8.72. The molecule has 0 N–H and O–H groups in total. The number of carbonyl (C=O) groups excluding carboxylic acids is 2. The third-order valence-corrected chi connectivity index (χ3v) is 1.95. The van der Waals surface area contributed by atoms with E-state index in [0.717, 1.165) is 0 Å². The van der Waals surface area contributed by atoms with Gasteiger partial charge >= 0.3 is 0 Å². The van der Waals surface area contributed by atoms with E-state index < -0.39 is 17.6 Å². The van der Waals surface area contributed by atoms with Gasteiger partial charge in [-0.2, -0.15) is 5.26 Å². The highest BCUT2D eigenvalue weighted by molar-refractivity contribution is 6.39. The second-order valence-corrected chi connectivity index (χ2v) is 3.10. The van der Waals surface area contributed by atoms with Crippen LogP contribution in [0.15, 0.2) is 0 Å². The van der Waals surface area contributed by atoms with Crippen LogP contribution in [0.5, 0.6) is 0 Å². The van der Waals surface area contributed by atoms with Crippen LogP contribution in [0.3, 0.4) is 0 Å². The largest absolute Gasteiger partial charge is 0.332 e. The number of ketones is 1. The maximum absolute atomic E-state index is 11.1. The van der Waals surface area contributed by atoms with Gasteiger partial charge in [0.1, 0.15) is 5.92 Å². The molecule has 4 heteroatoms. The van der Waals surface area contributed by atoms with Crippen LogP contribution in [0.4, 0.5) is 0 Å². The average molecular weight is 166 g/mol. The van der Waals surface area contributed by atoms with Crippen LogP contribution in [-0.4, -0.2) is 29.2 Å². The van der Waals surface area contributed by atoms with Gasteiger partial charge in [0.15, 0.2) is 0 Å². The smallest absolute Gasteiger partial charge is 0.291 e. The Morgan fingerprint density at radius 1 is 1.58 bits per heavy atom. The monoisotopic (exact) mass is 166 g/mol. The third-order valence-electron chi connectivity index (χ3n) is 1.95. The molecule has 1 fully saturated rings. The molecule has 64 valence electrons. The van der Waals surface area contributed by atoms with Gasteiger partial charge in [0, 0.05) is 12.6 Å². The van der Waals surface area contributed by atoms with Crippen molar-refractivity contribution >= 4 is 11.7 Å². The quantitative estimate of drug-likeness (QED) is 0.513. The maximum Gasteiger partial charge on any atom is 0.291 e. The van der Waals surface area contributed by atoms with Crippen molar-refractivity contribution in [3.8, 4) is 6.07 Å². The second kappa shape index (κ2) is 2.94. The highest BCUT2D eigenvalue weighted by Gasteiger charge is 2.39. The van der Waals surface area contributed by atoms with Crippen molar-refractivity contribution in [1.29, 1.82) is 5.26 Å². The Morgan fingerprint density at radius 2 is 2.17 bits per heavy atom. The summed E-state index contributed by atoms with van der Waals surface area (Å²) in [5.41, 5.74) is 0. The Hall–Kier alpha value is -1.37. The van der Waals surface area contributed by atoms with Gasteiger partial charge in [-0.25, -0.2) is 0 Å². The highest BCUT2D eigenvalue weighted by Crippen LogP contribution is 2.15. The summed E-state index contributed by atoms with van der Waals surface area (Å²) >= 11 is 0. The summed E-state index contributed by atoms with van der Waals surface area (Å²) in [4.78, 5) is 23.6. The molecule has 0 aromatic carbocycles. The SMILES string of the molecule is CC(C)N1CC(C#N)C(=O)C1=O. The molecule has 0 bridgehead atoms. The van der Waals surface area contributed by atoms with E-state index in [2.05, 4.69) is 0 Å². The van der Waals surface area contributed by atoms with Crippen molar-refractivity contribution in [1.82, 2.24) is 4.90 Å². The molecule has 0 saturated carbocycles. The summed E-state index contributed by atoms with van der Waals surface area (Å²) in [6.45, 7) is 3.90. The van der Waals surface area contributed by atoms with E-state index in [1.165, 1.54) is 4.90 Å². The molecule has 1 heterocycles. The second-order valence-electron chi connectivity index (χ2n) is 3.10. The van der Waals surface area contributed by atoms with Crippen LogP contribution in [-0.2, 0) is 9.59 Å². The predicted molar refractivity (Wildman–Crippen MR) is 41.0 cm³/mol. The topological polar surface area (TPSA) is 61.2 Å². The molecule has 0 spiro atoms. The molecule has 1 rings (SSSR count). The number of likely N-dealkylation sites (tertiary alicyclic amines) is 1. The molecule has 1 amide bonds. The molecule has 1 unspecified atom stereocenters. The molecule has 0 radical (unpaired) electrons. The van der Waals surface area contributed by atoms with Crippen molar-refractivity contribution in [3.05, 3.63) is 0 Å². The molecule has 4 nitrogen and oxygen atoms in total. The number of rotatable bonds is 1. The normalized spacial score (nSPS) is 23.5. The van der Waals surface area contributed by atoms with Crippen LogP contribution in [0.1, 0.15) is 13.8 Å². The molecule has 0 aromatic rings. The Balaban J connectivity index is 2.83. The minimum absolute atomic E-state index is 0.000185. The Bertz CT molecular complexity index is 265. The minimum atomic E-state index is -0.750. The van der Waals surface area contributed by atoms with Crippen LogP contribution in [0.2, 0.25) is 0 Å². The lowest BCUT2D eigenvalue weighted by atomic mass is 10.1. The minimum Gasteiger partial charge on any atom is -0.332 e. The molecule has 12 heavy (non-hydrogen) atoms. The standard InChI is InChI=1S/C8H10N2O2/c1-5(2)10-4-6(3-9)7(11)8(10)12/h5-6H,4H2,1-2H3. The van der Waals surface area contributed by atoms with E-state index >= 15 is 0 Å². The average Bonchev–Trinajstić information content (AvgIpc) is 2.30. The highest BCUT2D eigenvalue weighted by atomic mass is 16.2. The van der Waals surface area contributed by atoms with Crippen LogP contribution < -0.4 is 0 Å². The fourth-order valence-corrected chi connectivity index (χ4v) is 1.20. The first-order valence-corrected chi connectivity index (χ1v) is 3.82. The maximum atomic E-state index is 11.1. The fourth-order valence-electron chi connectivity index (χ4n) is 1.20. The molecular weight excluding hydrogens is 156 g/mol. The van der Waals surface area contributed by atoms with E-state index in [0.29, 0.717) is 0 Å². The molecule has 1 saturated heterocycles. The van der Waals surface area contributed by atoms with Gasteiger partial charge in [-0.05, 0) is 13.8 Å². The van der Waals surface area contributed by atoms with Crippen LogP contribution in [0.25, 0.3) is 0 Å². The molecular formula is C8H10N2O2. The molecule has 1 atom stereocenters. The summed E-state index contributed by atoms with van der Waals surface area (Å²) in [7, 11) is 0. The van der Waals surface area contributed by atoms with E-state index in [-0.39, 0.29) is 12.6 Å². The number of Topliss-reactive ketones (excluding diaryl/α,β-unsaturated/α-hetero) is 1. The van der Waals surface area contributed by atoms with Gasteiger partial charge in [-0.15, -0.1) is 0 Å². The number of amides is 1. The lowest BCUT2D eigenvalue weighted by Crippen LogP contribution is -2.33. The van der Waals surface area contributed by atoms with Crippen molar-refractivity contribution in [3.63, 3.8) is 0 Å². The number of hydrogen-bond acceptors (Lipinski definition) is 3. The number of nitrogens with zero attached hydrogens (tertiary/aromatic N) is 2. The summed E-state index contributed by atoms with van der Waals surface area (Å²) < 4.78 is 0. The van der Waals surface area contributed by atoms with Gasteiger partial charge in [0.25, 0.3) is 5.91 Å². The summed E-state index contributed by atoms with van der Waals surface area (Å²) in [6, 6.07) is 1.82. The Labute approximate surface area is 70.8 Å². The third kappa shape index (κ3) is 1.18. The van der Waals surface area contributed by atoms with Gasteiger partial charge in [-0.1, -0.05) is 0 Å². The molecule has 1 aliphatic rings. The zero-order chi connectivity index (χ0) is 9.30. The van der Waals surface area contributed by atoms with Crippen LogP contribution >= 0.6 is 0 Å². The Morgan fingerprint density at radius 3 is 2.42 bits per heavy atom. The van der Waals surface area contributed by atoms with E-state index in [1.807, 2.05) is 19.9 Å². The van der Waals surface area contributed by atoms with Gasteiger partial charge < -0.3 is 4.90 Å².